The highest BCUT2D eigenvalue weighted by atomic mass is 32.1. The number of hydrogen-bond donors (Lipinski definition) is 0. The molecule has 0 unspecified atom stereocenters. The van der Waals surface area contributed by atoms with Crippen molar-refractivity contribution in [2.45, 2.75) is 25.2 Å². The highest BCUT2D eigenvalue weighted by Gasteiger charge is 2.27. The molecule has 0 spiro atoms. The van der Waals surface area contributed by atoms with Crippen molar-refractivity contribution in [1.82, 2.24) is 14.9 Å². The molecule has 4 aromatic rings. The third kappa shape index (κ3) is 3.80. The van der Waals surface area contributed by atoms with Gasteiger partial charge < -0.3 is 9.32 Å². The van der Waals surface area contributed by atoms with E-state index in [9.17, 15) is 4.79 Å². The van der Waals surface area contributed by atoms with Crippen molar-refractivity contribution in [3.8, 4) is 10.6 Å². The molecule has 1 saturated heterocycles. The van der Waals surface area contributed by atoms with E-state index in [0.29, 0.717) is 6.42 Å². The van der Waals surface area contributed by atoms with E-state index < -0.39 is 0 Å². The number of amides is 1. The highest BCUT2D eigenvalue weighted by molar-refractivity contribution is 7.13. The first-order chi connectivity index (χ1) is 14.3. The summed E-state index contributed by atoms with van der Waals surface area (Å²) in [5.74, 6) is 1.21. The van der Waals surface area contributed by atoms with Gasteiger partial charge in [-0.3, -0.25) is 4.79 Å². The Morgan fingerprint density at radius 3 is 2.59 bits per heavy atom. The van der Waals surface area contributed by atoms with Crippen LogP contribution in [-0.2, 0) is 11.2 Å². The Kier molecular flexibility index (Phi) is 4.86. The molecular formula is C23H21N3O2S. The number of aromatic nitrogens is 2. The largest absolute Gasteiger partial charge is 0.440 e. The van der Waals surface area contributed by atoms with Gasteiger partial charge in [0.15, 0.2) is 11.5 Å². The van der Waals surface area contributed by atoms with Gasteiger partial charge in [-0.1, -0.05) is 42.5 Å². The Bertz CT molecular complexity index is 1090. The monoisotopic (exact) mass is 403 g/mol. The highest BCUT2D eigenvalue weighted by Crippen LogP contribution is 2.30. The number of hydrogen-bond acceptors (Lipinski definition) is 5. The van der Waals surface area contributed by atoms with Crippen LogP contribution in [0.15, 0.2) is 64.4 Å². The first-order valence-electron chi connectivity index (χ1n) is 9.89. The average molecular weight is 404 g/mol. The third-order valence-electron chi connectivity index (χ3n) is 5.41. The fourth-order valence-electron chi connectivity index (χ4n) is 3.81. The van der Waals surface area contributed by atoms with Gasteiger partial charge in [0.2, 0.25) is 5.91 Å². The zero-order valence-electron chi connectivity index (χ0n) is 16.0. The summed E-state index contributed by atoms with van der Waals surface area (Å²) in [4.78, 5) is 24.0. The smallest absolute Gasteiger partial charge is 0.228 e. The molecule has 0 atom stereocenters. The molecule has 2 aromatic carbocycles. The second-order valence-corrected chi connectivity index (χ2v) is 8.22. The zero-order chi connectivity index (χ0) is 19.6. The molecule has 5 nitrogen and oxygen atoms in total. The lowest BCUT2D eigenvalue weighted by Gasteiger charge is -2.30. The molecule has 0 N–H and O–H groups in total. The minimum atomic E-state index is 0.144. The quantitative estimate of drug-likeness (QED) is 0.486. The van der Waals surface area contributed by atoms with E-state index >= 15 is 0 Å². The summed E-state index contributed by atoms with van der Waals surface area (Å²) < 4.78 is 5.92. The molecule has 5 rings (SSSR count). The van der Waals surface area contributed by atoms with Crippen LogP contribution in [0.2, 0.25) is 0 Å². The number of carbonyl (C=O) groups excluding carboxylic acids is 1. The van der Waals surface area contributed by atoms with Gasteiger partial charge in [-0.2, -0.15) is 0 Å². The molecule has 0 bridgehead atoms. The van der Waals surface area contributed by atoms with Gasteiger partial charge in [0.25, 0.3) is 0 Å². The molecule has 29 heavy (non-hydrogen) atoms. The molecule has 0 radical (unpaired) electrons. The number of piperidine rings is 1. The van der Waals surface area contributed by atoms with Gasteiger partial charge >= 0.3 is 0 Å². The van der Waals surface area contributed by atoms with Crippen molar-refractivity contribution in [2.75, 3.05) is 13.1 Å². The normalized spacial score (nSPS) is 15.1. The predicted molar refractivity (Wildman–Crippen MR) is 114 cm³/mol. The first kappa shape index (κ1) is 18.1. The minimum Gasteiger partial charge on any atom is -0.440 e. The lowest BCUT2D eigenvalue weighted by molar-refractivity contribution is -0.131. The second-order valence-electron chi connectivity index (χ2n) is 7.36. The summed E-state index contributed by atoms with van der Waals surface area (Å²) in [6.45, 7) is 1.47. The lowest BCUT2D eigenvalue weighted by atomic mass is 9.96. The van der Waals surface area contributed by atoms with Crippen molar-refractivity contribution in [1.29, 1.82) is 0 Å². The van der Waals surface area contributed by atoms with E-state index in [-0.39, 0.29) is 11.8 Å². The fraction of sp³-hybridized carbons (Fsp3) is 0.261. The molecule has 0 saturated carbocycles. The number of oxazole rings is 1. The van der Waals surface area contributed by atoms with Gasteiger partial charge in [0.1, 0.15) is 10.5 Å². The number of nitrogens with zero attached hydrogens (tertiary/aromatic N) is 3. The number of benzene rings is 2. The number of likely N-dealkylation sites (tertiary alicyclic amines) is 1. The van der Waals surface area contributed by atoms with E-state index in [1.54, 1.807) is 11.3 Å². The number of fused-ring (bicyclic) bond motifs is 1. The summed E-state index contributed by atoms with van der Waals surface area (Å²) in [6.07, 6.45) is 2.12. The van der Waals surface area contributed by atoms with Crippen LogP contribution >= 0.6 is 11.3 Å². The van der Waals surface area contributed by atoms with Crippen molar-refractivity contribution in [3.05, 3.63) is 71.6 Å². The average Bonchev–Trinajstić information content (AvgIpc) is 3.41. The van der Waals surface area contributed by atoms with Crippen molar-refractivity contribution in [3.63, 3.8) is 0 Å². The van der Waals surface area contributed by atoms with E-state index in [0.717, 1.165) is 59.2 Å². The maximum absolute atomic E-state index is 12.7. The molecule has 1 fully saturated rings. The van der Waals surface area contributed by atoms with Gasteiger partial charge in [-0.15, -0.1) is 11.3 Å². The summed E-state index contributed by atoms with van der Waals surface area (Å²) >= 11 is 1.59. The second kappa shape index (κ2) is 7.79. The maximum atomic E-state index is 12.7. The molecule has 146 valence electrons. The fourth-order valence-corrected chi connectivity index (χ4v) is 4.63. The van der Waals surface area contributed by atoms with Crippen molar-refractivity contribution < 1.29 is 9.21 Å². The van der Waals surface area contributed by atoms with Crippen LogP contribution in [0.1, 0.15) is 30.3 Å². The summed E-state index contributed by atoms with van der Waals surface area (Å²) in [6, 6.07) is 17.9. The lowest BCUT2D eigenvalue weighted by Crippen LogP contribution is -2.38. The number of para-hydroxylation sites is 2. The number of rotatable bonds is 4. The standard InChI is InChI=1S/C23H21N3O2S/c27-21(14-18-15-29-23(24-18)17-6-2-1-3-7-17)26-12-10-16(11-13-26)22-25-19-8-4-5-9-20(19)28-22/h1-9,15-16H,10-14H2. The SMILES string of the molecule is O=C(Cc1csc(-c2ccccc2)n1)N1CCC(c2nc3ccccc3o2)CC1. The Hall–Kier alpha value is -2.99. The summed E-state index contributed by atoms with van der Waals surface area (Å²) in [5.41, 5.74) is 3.67. The molecule has 6 heteroatoms. The molecule has 1 aliphatic rings. The van der Waals surface area contributed by atoms with Crippen LogP contribution in [0, 0.1) is 0 Å². The summed E-state index contributed by atoms with van der Waals surface area (Å²) in [5, 5.41) is 2.95. The Morgan fingerprint density at radius 1 is 1.03 bits per heavy atom. The van der Waals surface area contributed by atoms with Crippen LogP contribution in [0.3, 0.4) is 0 Å². The first-order valence-corrected chi connectivity index (χ1v) is 10.8. The third-order valence-corrected chi connectivity index (χ3v) is 6.35. The predicted octanol–water partition coefficient (Wildman–Crippen LogP) is 4.90. The van der Waals surface area contributed by atoms with E-state index in [1.807, 2.05) is 64.9 Å². The zero-order valence-corrected chi connectivity index (χ0v) is 16.8. The van der Waals surface area contributed by atoms with Crippen LogP contribution in [0.25, 0.3) is 21.7 Å². The Labute approximate surface area is 173 Å². The molecule has 3 heterocycles. The Balaban J connectivity index is 1.20. The van der Waals surface area contributed by atoms with Gasteiger partial charge in [-0.05, 0) is 25.0 Å². The summed E-state index contributed by atoms with van der Waals surface area (Å²) in [7, 11) is 0. The van der Waals surface area contributed by atoms with Gasteiger partial charge in [0.05, 0.1) is 12.1 Å². The Morgan fingerprint density at radius 2 is 1.79 bits per heavy atom. The number of thiazole rings is 1. The minimum absolute atomic E-state index is 0.144. The molecule has 1 amide bonds. The molecule has 2 aromatic heterocycles. The van der Waals surface area contributed by atoms with Gasteiger partial charge in [0, 0.05) is 30.0 Å². The van der Waals surface area contributed by atoms with Gasteiger partial charge in [-0.25, -0.2) is 9.97 Å². The van der Waals surface area contributed by atoms with Crippen LogP contribution < -0.4 is 0 Å². The van der Waals surface area contributed by atoms with Crippen LogP contribution in [-0.4, -0.2) is 33.9 Å². The van der Waals surface area contributed by atoms with E-state index in [4.69, 9.17) is 4.42 Å². The molecule has 0 aliphatic carbocycles. The van der Waals surface area contributed by atoms with Crippen LogP contribution in [0.4, 0.5) is 0 Å². The van der Waals surface area contributed by atoms with Crippen molar-refractivity contribution >= 4 is 28.3 Å². The van der Waals surface area contributed by atoms with Crippen molar-refractivity contribution in [2.24, 2.45) is 0 Å². The molecule has 1 aliphatic heterocycles. The topological polar surface area (TPSA) is 59.2 Å². The maximum Gasteiger partial charge on any atom is 0.228 e. The van der Waals surface area contributed by atoms with E-state index in [1.165, 1.54) is 0 Å². The van der Waals surface area contributed by atoms with E-state index in [2.05, 4.69) is 9.97 Å². The molecular weight excluding hydrogens is 382 g/mol. The van der Waals surface area contributed by atoms with Crippen LogP contribution in [0.5, 0.6) is 0 Å². The number of carbonyl (C=O) groups is 1.